The van der Waals surface area contributed by atoms with Gasteiger partial charge in [-0.3, -0.25) is 4.79 Å². The first-order valence-corrected chi connectivity index (χ1v) is 5.43. The average Bonchev–Trinajstić information content (AvgIpc) is 2.28. The fourth-order valence-corrected chi connectivity index (χ4v) is 1.75. The van der Waals surface area contributed by atoms with Crippen LogP contribution in [0.2, 0.25) is 0 Å². The van der Waals surface area contributed by atoms with Gasteiger partial charge in [0.05, 0.1) is 12.1 Å². The molecule has 0 bridgehead atoms. The second kappa shape index (κ2) is 5.89. The summed E-state index contributed by atoms with van der Waals surface area (Å²) in [4.78, 5) is 11.4. The van der Waals surface area contributed by atoms with E-state index in [1.54, 1.807) is 6.92 Å². The minimum absolute atomic E-state index is 0. The first kappa shape index (κ1) is 13.8. The lowest BCUT2D eigenvalue weighted by molar-refractivity contribution is -0.123. The molecule has 0 fully saturated rings. The molecule has 1 aromatic rings. The quantitative estimate of drug-likeness (QED) is 0.826. The van der Waals surface area contributed by atoms with Crippen LogP contribution >= 0.6 is 12.4 Å². The zero-order valence-corrected chi connectivity index (χ0v) is 10.5. The minimum Gasteiger partial charge on any atom is -0.491 e. The third-order valence-electron chi connectivity index (χ3n) is 2.64. The van der Waals surface area contributed by atoms with Crippen molar-refractivity contribution in [3.63, 3.8) is 0 Å². The molecule has 2 rings (SSSR count). The molecular formula is C12H17ClN2O2. The summed E-state index contributed by atoms with van der Waals surface area (Å²) >= 11 is 0. The molecular weight excluding hydrogens is 240 g/mol. The Morgan fingerprint density at radius 3 is 2.94 bits per heavy atom. The van der Waals surface area contributed by atoms with Crippen molar-refractivity contribution >= 4 is 18.3 Å². The molecule has 17 heavy (non-hydrogen) atoms. The first-order valence-electron chi connectivity index (χ1n) is 5.43. The molecule has 1 heterocycles. The van der Waals surface area contributed by atoms with E-state index in [0.29, 0.717) is 6.61 Å². The molecule has 0 saturated heterocycles. The summed E-state index contributed by atoms with van der Waals surface area (Å²) in [7, 11) is 0. The van der Waals surface area contributed by atoms with Crippen molar-refractivity contribution in [2.24, 2.45) is 5.73 Å². The Morgan fingerprint density at radius 2 is 2.24 bits per heavy atom. The maximum atomic E-state index is 11.4. The van der Waals surface area contributed by atoms with Gasteiger partial charge < -0.3 is 15.8 Å². The van der Waals surface area contributed by atoms with Crippen LogP contribution in [0.1, 0.15) is 12.5 Å². The number of hydrogen-bond donors (Lipinski definition) is 2. The van der Waals surface area contributed by atoms with E-state index < -0.39 is 6.04 Å². The van der Waals surface area contributed by atoms with Gasteiger partial charge >= 0.3 is 0 Å². The van der Waals surface area contributed by atoms with Gasteiger partial charge in [0.25, 0.3) is 0 Å². The van der Waals surface area contributed by atoms with Crippen molar-refractivity contribution in [1.29, 1.82) is 0 Å². The second-order valence-electron chi connectivity index (χ2n) is 4.12. The van der Waals surface area contributed by atoms with Crippen molar-refractivity contribution < 1.29 is 9.53 Å². The Hall–Kier alpha value is -1.26. The number of fused-ring (bicyclic) bond motifs is 1. The predicted molar refractivity (Wildman–Crippen MR) is 68.5 cm³/mol. The van der Waals surface area contributed by atoms with Gasteiger partial charge in [-0.25, -0.2) is 0 Å². The zero-order chi connectivity index (χ0) is 11.5. The highest BCUT2D eigenvalue weighted by Crippen LogP contribution is 2.23. The predicted octanol–water partition coefficient (Wildman–Crippen LogP) is 0.875. The number of para-hydroxylation sites is 1. The minimum atomic E-state index is -0.475. The third kappa shape index (κ3) is 3.35. The van der Waals surface area contributed by atoms with Gasteiger partial charge in [-0.15, -0.1) is 12.4 Å². The Kier molecular flexibility index (Phi) is 4.78. The zero-order valence-electron chi connectivity index (χ0n) is 9.68. The van der Waals surface area contributed by atoms with E-state index in [1.165, 1.54) is 0 Å². The molecule has 94 valence electrons. The number of carbonyl (C=O) groups is 1. The van der Waals surface area contributed by atoms with Crippen LogP contribution in [0.5, 0.6) is 5.75 Å². The van der Waals surface area contributed by atoms with E-state index in [0.717, 1.165) is 17.7 Å². The molecule has 1 aromatic carbocycles. The molecule has 1 aliphatic heterocycles. The van der Waals surface area contributed by atoms with Crippen LogP contribution in [-0.2, 0) is 11.2 Å². The smallest absolute Gasteiger partial charge is 0.236 e. The molecule has 4 nitrogen and oxygen atoms in total. The summed E-state index contributed by atoms with van der Waals surface area (Å²) in [5.74, 6) is 0.779. The highest BCUT2D eigenvalue weighted by molar-refractivity contribution is 5.85. The summed E-state index contributed by atoms with van der Waals surface area (Å²) in [6.45, 7) is 2.18. The number of carbonyl (C=O) groups excluding carboxylic acids is 1. The number of halogens is 1. The number of hydrogen-bond acceptors (Lipinski definition) is 3. The highest BCUT2D eigenvalue weighted by atomic mass is 35.5. The highest BCUT2D eigenvalue weighted by Gasteiger charge is 2.21. The fourth-order valence-electron chi connectivity index (χ4n) is 1.75. The van der Waals surface area contributed by atoms with Gasteiger partial charge in [0.2, 0.25) is 5.91 Å². The fraction of sp³-hybridized carbons (Fsp3) is 0.417. The Labute approximate surface area is 107 Å². The second-order valence-corrected chi connectivity index (χ2v) is 4.12. The molecule has 2 atom stereocenters. The summed E-state index contributed by atoms with van der Waals surface area (Å²) in [5, 5.41) is 2.87. The maximum Gasteiger partial charge on any atom is 0.236 e. The van der Waals surface area contributed by atoms with Crippen LogP contribution in [0.15, 0.2) is 24.3 Å². The van der Waals surface area contributed by atoms with Crippen LogP contribution < -0.4 is 15.8 Å². The van der Waals surface area contributed by atoms with Gasteiger partial charge in [0, 0.05) is 0 Å². The largest absolute Gasteiger partial charge is 0.491 e. The number of benzene rings is 1. The lowest BCUT2D eigenvalue weighted by Gasteiger charge is -2.26. The van der Waals surface area contributed by atoms with Crippen LogP contribution in [0, 0.1) is 0 Å². The maximum absolute atomic E-state index is 11.4. The van der Waals surface area contributed by atoms with Crippen molar-refractivity contribution in [3.05, 3.63) is 29.8 Å². The van der Waals surface area contributed by atoms with Crippen LogP contribution in [0.3, 0.4) is 0 Å². The van der Waals surface area contributed by atoms with Gasteiger partial charge in [-0.05, 0) is 25.0 Å². The molecule has 2 unspecified atom stereocenters. The van der Waals surface area contributed by atoms with Crippen molar-refractivity contribution in [3.8, 4) is 5.75 Å². The third-order valence-corrected chi connectivity index (χ3v) is 2.64. The molecule has 0 aliphatic carbocycles. The van der Waals surface area contributed by atoms with Crippen molar-refractivity contribution in [1.82, 2.24) is 5.32 Å². The number of ether oxygens (including phenoxy) is 1. The normalized spacial score (nSPS) is 19.3. The SMILES string of the molecule is CC(N)C(=O)NC1COc2ccccc2C1.Cl. The molecule has 1 aliphatic rings. The molecule has 0 spiro atoms. The van der Waals surface area contributed by atoms with Gasteiger partial charge in [0.1, 0.15) is 12.4 Å². The number of nitrogens with two attached hydrogens (primary N) is 1. The molecule has 0 saturated carbocycles. The monoisotopic (exact) mass is 256 g/mol. The van der Waals surface area contributed by atoms with Gasteiger partial charge in [0.15, 0.2) is 0 Å². The Balaban J connectivity index is 0.00000144. The van der Waals surface area contributed by atoms with Crippen LogP contribution in [-0.4, -0.2) is 24.6 Å². The molecule has 0 aromatic heterocycles. The molecule has 1 amide bonds. The van der Waals surface area contributed by atoms with E-state index in [1.807, 2.05) is 24.3 Å². The summed E-state index contributed by atoms with van der Waals surface area (Å²) in [5.41, 5.74) is 6.62. The number of amides is 1. The van der Waals surface area contributed by atoms with Crippen molar-refractivity contribution in [2.45, 2.75) is 25.4 Å². The van der Waals surface area contributed by atoms with E-state index in [9.17, 15) is 4.79 Å². The summed E-state index contributed by atoms with van der Waals surface area (Å²) in [6, 6.07) is 7.42. The van der Waals surface area contributed by atoms with Crippen LogP contribution in [0.25, 0.3) is 0 Å². The summed E-state index contributed by atoms with van der Waals surface area (Å²) < 4.78 is 5.56. The average molecular weight is 257 g/mol. The standard InChI is InChI=1S/C12H16N2O2.ClH/c1-8(13)12(15)14-10-6-9-4-2-3-5-11(9)16-7-10;/h2-5,8,10H,6-7,13H2,1H3,(H,14,15);1H. The van der Waals surface area contributed by atoms with E-state index >= 15 is 0 Å². The van der Waals surface area contributed by atoms with Crippen molar-refractivity contribution in [2.75, 3.05) is 6.61 Å². The van der Waals surface area contributed by atoms with Crippen LogP contribution in [0.4, 0.5) is 0 Å². The molecule has 0 radical (unpaired) electrons. The Morgan fingerprint density at radius 1 is 1.53 bits per heavy atom. The first-order chi connectivity index (χ1) is 7.66. The Bertz CT molecular complexity index is 396. The van der Waals surface area contributed by atoms with Gasteiger partial charge in [-0.1, -0.05) is 18.2 Å². The van der Waals surface area contributed by atoms with E-state index in [4.69, 9.17) is 10.5 Å². The number of rotatable bonds is 2. The van der Waals surface area contributed by atoms with Gasteiger partial charge in [-0.2, -0.15) is 0 Å². The topological polar surface area (TPSA) is 64.4 Å². The van der Waals surface area contributed by atoms with E-state index in [-0.39, 0.29) is 24.4 Å². The molecule has 5 heteroatoms. The lowest BCUT2D eigenvalue weighted by atomic mass is 10.0. The lowest BCUT2D eigenvalue weighted by Crippen LogP contribution is -2.48. The molecule has 3 N–H and O–H groups in total. The van der Waals surface area contributed by atoms with E-state index in [2.05, 4.69) is 5.32 Å². The number of nitrogens with one attached hydrogen (secondary N) is 1. The summed E-state index contributed by atoms with van der Waals surface area (Å²) in [6.07, 6.45) is 0.800.